The number of hydrogen-bond acceptors (Lipinski definition) is 6. The maximum absolute atomic E-state index is 13.1. The van der Waals surface area contributed by atoms with E-state index in [2.05, 4.69) is 39.3 Å². The molecule has 3 rings (SSSR count). The zero-order chi connectivity index (χ0) is 21.6. The standard InChI is InChI=1S/C20H31N3O4SSi/c1-7-9-26-17(25)23-13(11-19(5,18(2,3)4)20(23,6)27-29)15(24)16-21-12-14-22(16)8-10-28-14/h7-8,10,12-13,15,24H,1,9,11H2,2-6,29H3/t13-,15?,19+,20?/m0/s1. The largest absolute Gasteiger partial charge is 0.445 e. The Morgan fingerprint density at radius 1 is 1.55 bits per heavy atom. The van der Waals surface area contributed by atoms with Crippen LogP contribution in [0.25, 0.3) is 4.83 Å². The van der Waals surface area contributed by atoms with E-state index >= 15 is 0 Å². The lowest BCUT2D eigenvalue weighted by molar-refractivity contribution is -0.144. The molecule has 1 N–H and O–H groups in total. The summed E-state index contributed by atoms with van der Waals surface area (Å²) in [5.41, 5.74) is -1.54. The number of fused-ring (bicyclic) bond motifs is 1. The number of amides is 1. The van der Waals surface area contributed by atoms with Crippen LogP contribution in [0.1, 0.15) is 53.0 Å². The lowest BCUT2D eigenvalue weighted by Gasteiger charge is -2.51. The second-order valence-electron chi connectivity index (χ2n) is 8.95. The molecule has 1 aliphatic rings. The minimum Gasteiger partial charge on any atom is -0.445 e. The van der Waals surface area contributed by atoms with E-state index < -0.39 is 29.4 Å². The molecule has 0 saturated carbocycles. The SMILES string of the molecule is C=CCOC(=O)N1[C@H](C(O)c2ncc3sccn23)C[C@](C)(C(C)(C)C)C1(C)O[SiH3]. The summed E-state index contributed by atoms with van der Waals surface area (Å²) in [7, 11) is 0.434. The van der Waals surface area contributed by atoms with Gasteiger partial charge in [0, 0.05) is 17.0 Å². The van der Waals surface area contributed by atoms with E-state index in [1.165, 1.54) is 6.08 Å². The van der Waals surface area contributed by atoms with Crippen LogP contribution in [0.5, 0.6) is 0 Å². The van der Waals surface area contributed by atoms with Gasteiger partial charge >= 0.3 is 6.09 Å². The Hall–Kier alpha value is -1.68. The third kappa shape index (κ3) is 3.24. The molecule has 3 heterocycles. The molecular formula is C20H31N3O4SSi. The molecule has 9 heteroatoms. The number of thiazole rings is 1. The first kappa shape index (κ1) is 22.0. The number of hydrogen-bond donors (Lipinski definition) is 1. The number of likely N-dealkylation sites (tertiary alicyclic amines) is 1. The highest BCUT2D eigenvalue weighted by Gasteiger charge is 2.66. The van der Waals surface area contributed by atoms with Gasteiger partial charge < -0.3 is 14.3 Å². The number of rotatable bonds is 5. The Labute approximate surface area is 178 Å². The van der Waals surface area contributed by atoms with Crippen LogP contribution in [-0.2, 0) is 9.16 Å². The molecule has 29 heavy (non-hydrogen) atoms. The Morgan fingerprint density at radius 3 is 2.83 bits per heavy atom. The fraction of sp³-hybridized carbons (Fsp3) is 0.600. The number of aromatic nitrogens is 2. The highest BCUT2D eigenvalue weighted by molar-refractivity contribution is 7.15. The monoisotopic (exact) mass is 437 g/mol. The molecule has 1 aliphatic heterocycles. The summed E-state index contributed by atoms with van der Waals surface area (Å²) >= 11 is 1.55. The van der Waals surface area contributed by atoms with Gasteiger partial charge in [-0.1, -0.05) is 40.3 Å². The van der Waals surface area contributed by atoms with Crippen LogP contribution in [0.4, 0.5) is 4.79 Å². The molecule has 0 aromatic carbocycles. The topological polar surface area (TPSA) is 76.3 Å². The van der Waals surface area contributed by atoms with Crippen LogP contribution in [0.3, 0.4) is 0 Å². The predicted molar refractivity (Wildman–Crippen MR) is 117 cm³/mol. The van der Waals surface area contributed by atoms with Crippen LogP contribution in [0, 0.1) is 10.8 Å². The van der Waals surface area contributed by atoms with Crippen LogP contribution < -0.4 is 0 Å². The van der Waals surface area contributed by atoms with Crippen molar-refractivity contribution in [2.75, 3.05) is 6.61 Å². The van der Waals surface area contributed by atoms with E-state index in [4.69, 9.17) is 9.16 Å². The minimum atomic E-state index is -0.983. The van der Waals surface area contributed by atoms with Crippen molar-refractivity contribution in [3.05, 3.63) is 36.3 Å². The molecule has 160 valence electrons. The molecule has 1 amide bonds. The number of carbonyl (C=O) groups is 1. The summed E-state index contributed by atoms with van der Waals surface area (Å²) < 4.78 is 13.4. The van der Waals surface area contributed by atoms with E-state index in [0.717, 1.165) is 4.83 Å². The van der Waals surface area contributed by atoms with Crippen LogP contribution in [-0.4, -0.2) is 54.3 Å². The van der Waals surface area contributed by atoms with Gasteiger partial charge in [0.25, 0.3) is 0 Å². The second kappa shape index (κ2) is 7.53. The Morgan fingerprint density at radius 2 is 2.24 bits per heavy atom. The van der Waals surface area contributed by atoms with Crippen molar-refractivity contribution < 1.29 is 19.1 Å². The molecule has 0 aliphatic carbocycles. The van der Waals surface area contributed by atoms with Crippen LogP contribution in [0.15, 0.2) is 30.4 Å². The Bertz CT molecular complexity index is 907. The van der Waals surface area contributed by atoms with Crippen molar-refractivity contribution in [2.24, 2.45) is 10.8 Å². The van der Waals surface area contributed by atoms with Crippen LogP contribution in [0.2, 0.25) is 0 Å². The predicted octanol–water partition coefficient (Wildman–Crippen LogP) is 2.89. The third-order valence-electron chi connectivity index (χ3n) is 6.83. The summed E-state index contributed by atoms with van der Waals surface area (Å²) in [5, 5.41) is 13.4. The maximum Gasteiger partial charge on any atom is 0.412 e. The molecule has 7 nitrogen and oxygen atoms in total. The van der Waals surface area contributed by atoms with Gasteiger partial charge in [0.05, 0.1) is 12.2 Å². The number of nitrogens with zero attached hydrogens (tertiary/aromatic N) is 3. The van der Waals surface area contributed by atoms with E-state index in [0.29, 0.717) is 22.7 Å². The van der Waals surface area contributed by atoms with Crippen LogP contribution >= 0.6 is 11.3 Å². The van der Waals surface area contributed by atoms with Crippen molar-refractivity contribution >= 4 is 32.7 Å². The lowest BCUT2D eigenvalue weighted by Crippen LogP contribution is -2.59. The lowest BCUT2D eigenvalue weighted by atomic mass is 9.61. The Kier molecular flexibility index (Phi) is 5.72. The van der Waals surface area contributed by atoms with E-state index in [-0.39, 0.29) is 12.0 Å². The van der Waals surface area contributed by atoms with Crippen molar-refractivity contribution in [3.8, 4) is 0 Å². The third-order valence-corrected chi connectivity index (χ3v) is 8.42. The second-order valence-corrected chi connectivity index (χ2v) is 10.3. The van der Waals surface area contributed by atoms with Gasteiger partial charge in [0.15, 0.2) is 0 Å². The fourth-order valence-corrected chi connectivity index (χ4v) is 5.87. The molecule has 2 aromatic rings. The highest BCUT2D eigenvalue weighted by Crippen LogP contribution is 2.60. The number of carbonyl (C=O) groups excluding carboxylic acids is 1. The first-order chi connectivity index (χ1) is 13.5. The van der Waals surface area contributed by atoms with Gasteiger partial charge in [-0.3, -0.25) is 9.30 Å². The normalized spacial score (nSPS) is 28.8. The summed E-state index contributed by atoms with van der Waals surface area (Å²) in [6, 6.07) is -0.541. The molecule has 2 unspecified atom stereocenters. The smallest absolute Gasteiger partial charge is 0.412 e. The molecule has 2 aromatic heterocycles. The van der Waals surface area contributed by atoms with E-state index in [1.807, 2.05) is 22.9 Å². The van der Waals surface area contributed by atoms with Crippen molar-refractivity contribution in [1.82, 2.24) is 14.3 Å². The molecule has 0 spiro atoms. The summed E-state index contributed by atoms with van der Waals surface area (Å²) in [4.78, 5) is 20.1. The van der Waals surface area contributed by atoms with Crippen molar-refractivity contribution in [2.45, 2.75) is 58.9 Å². The zero-order valence-electron chi connectivity index (χ0n) is 18.0. The summed E-state index contributed by atoms with van der Waals surface area (Å²) in [6.07, 6.45) is 4.21. The number of imidazole rings is 1. The van der Waals surface area contributed by atoms with Crippen molar-refractivity contribution in [3.63, 3.8) is 0 Å². The average molecular weight is 438 g/mol. The molecule has 4 atom stereocenters. The average Bonchev–Trinajstić information content (AvgIpc) is 3.32. The number of ether oxygens (including phenoxy) is 1. The molecule has 1 saturated heterocycles. The fourth-order valence-electron chi connectivity index (χ4n) is 4.52. The number of aliphatic hydroxyl groups excluding tert-OH is 1. The molecule has 0 radical (unpaired) electrons. The van der Waals surface area contributed by atoms with Gasteiger partial charge in [-0.05, 0) is 18.8 Å². The highest BCUT2D eigenvalue weighted by atomic mass is 32.1. The van der Waals surface area contributed by atoms with Crippen molar-refractivity contribution in [1.29, 1.82) is 0 Å². The van der Waals surface area contributed by atoms with E-state index in [9.17, 15) is 9.90 Å². The maximum atomic E-state index is 13.1. The molecule has 0 bridgehead atoms. The van der Waals surface area contributed by atoms with Gasteiger partial charge in [-0.25, -0.2) is 9.78 Å². The van der Waals surface area contributed by atoms with Gasteiger partial charge in [0.2, 0.25) is 0 Å². The summed E-state index contributed by atoms with van der Waals surface area (Å²) in [5.74, 6) is 0.515. The Balaban J connectivity index is 2.11. The zero-order valence-corrected chi connectivity index (χ0v) is 20.8. The van der Waals surface area contributed by atoms with Gasteiger partial charge in [-0.15, -0.1) is 11.3 Å². The van der Waals surface area contributed by atoms with E-state index in [1.54, 1.807) is 22.4 Å². The molecular weight excluding hydrogens is 406 g/mol. The van der Waals surface area contributed by atoms with Gasteiger partial charge in [-0.2, -0.15) is 0 Å². The first-order valence-electron chi connectivity index (χ1n) is 9.72. The summed E-state index contributed by atoms with van der Waals surface area (Å²) in [6.45, 7) is 14.2. The van der Waals surface area contributed by atoms with Gasteiger partial charge in [0.1, 0.15) is 39.6 Å². The first-order valence-corrected chi connectivity index (χ1v) is 11.4. The molecule has 1 fully saturated rings. The number of aliphatic hydroxyl groups is 1. The quantitative estimate of drug-likeness (QED) is 0.575. The minimum absolute atomic E-state index is 0.0970.